The van der Waals surface area contributed by atoms with E-state index in [4.69, 9.17) is 10.7 Å². The van der Waals surface area contributed by atoms with Crippen LogP contribution in [0.4, 0.5) is 0 Å². The summed E-state index contributed by atoms with van der Waals surface area (Å²) in [6.07, 6.45) is 7.43. The van der Waals surface area contributed by atoms with Crippen LogP contribution in [0.3, 0.4) is 0 Å². The summed E-state index contributed by atoms with van der Waals surface area (Å²) < 4.78 is 0. The fraction of sp³-hybridized carbons (Fsp3) is 0.750. The molecule has 1 aliphatic rings. The maximum absolute atomic E-state index is 11.8. The Labute approximate surface area is 155 Å². The average molecular weight is 382 g/mol. The first-order chi connectivity index (χ1) is 10.1. The number of hydrogen-bond acceptors (Lipinski definition) is 4. The highest BCUT2D eigenvalue weighted by molar-refractivity contribution is 7.09. The Balaban J connectivity index is 0.00000242. The van der Waals surface area contributed by atoms with E-state index < -0.39 is 0 Å². The molecule has 2 atom stereocenters. The van der Waals surface area contributed by atoms with Crippen molar-refractivity contribution in [1.82, 2.24) is 10.3 Å². The molecule has 2 rings (SSSR count). The van der Waals surface area contributed by atoms with Crippen molar-refractivity contribution in [1.29, 1.82) is 0 Å². The number of carbonyl (C=O) groups excluding carboxylic acids is 1. The van der Waals surface area contributed by atoms with Gasteiger partial charge in [0.1, 0.15) is 0 Å². The SMILES string of the molecule is CC(N)C(C)C(=O)NCCc1nc(C2CCCCC2)cs1.Cl.Cl. The van der Waals surface area contributed by atoms with Gasteiger partial charge in [0, 0.05) is 36.2 Å². The molecule has 7 heteroatoms. The zero-order valence-corrected chi connectivity index (χ0v) is 16.4. The summed E-state index contributed by atoms with van der Waals surface area (Å²) in [5.41, 5.74) is 7.00. The van der Waals surface area contributed by atoms with Crippen LogP contribution in [-0.4, -0.2) is 23.5 Å². The molecule has 0 bridgehead atoms. The standard InChI is InChI=1S/C16H27N3OS.2ClH/c1-11(12(2)17)16(20)18-9-8-15-19-14(10-21-15)13-6-4-3-5-7-13;;/h10-13H,3-9,17H2,1-2H3,(H,18,20);2*1H. The van der Waals surface area contributed by atoms with Gasteiger partial charge < -0.3 is 11.1 Å². The Bertz CT molecular complexity index is 462. The third-order valence-electron chi connectivity index (χ3n) is 4.43. The van der Waals surface area contributed by atoms with Gasteiger partial charge in [-0.25, -0.2) is 4.98 Å². The quantitative estimate of drug-likeness (QED) is 0.789. The molecule has 1 heterocycles. The number of nitrogens with zero attached hydrogens (tertiary/aromatic N) is 1. The minimum atomic E-state index is -0.140. The first-order valence-electron chi connectivity index (χ1n) is 8.05. The van der Waals surface area contributed by atoms with Crippen molar-refractivity contribution in [2.24, 2.45) is 11.7 Å². The van der Waals surface area contributed by atoms with Crippen LogP contribution >= 0.6 is 36.2 Å². The van der Waals surface area contributed by atoms with Crippen molar-refractivity contribution < 1.29 is 4.79 Å². The Kier molecular flexibility index (Phi) is 11.1. The van der Waals surface area contributed by atoms with Gasteiger partial charge in [-0.3, -0.25) is 4.79 Å². The van der Waals surface area contributed by atoms with E-state index in [-0.39, 0.29) is 42.7 Å². The second-order valence-corrected chi connectivity index (χ2v) is 7.13. The largest absolute Gasteiger partial charge is 0.355 e. The molecular weight excluding hydrogens is 353 g/mol. The van der Waals surface area contributed by atoms with Crippen LogP contribution in [-0.2, 0) is 11.2 Å². The molecule has 4 nitrogen and oxygen atoms in total. The van der Waals surface area contributed by atoms with Gasteiger partial charge in [-0.05, 0) is 19.8 Å². The first kappa shape index (κ1) is 22.6. The van der Waals surface area contributed by atoms with Crippen molar-refractivity contribution in [2.45, 2.75) is 64.3 Å². The molecule has 1 saturated carbocycles. The fourth-order valence-electron chi connectivity index (χ4n) is 2.72. The fourth-order valence-corrected chi connectivity index (χ4v) is 3.60. The van der Waals surface area contributed by atoms with Crippen LogP contribution in [0.5, 0.6) is 0 Å². The predicted molar refractivity (Wildman–Crippen MR) is 102 cm³/mol. The van der Waals surface area contributed by atoms with Gasteiger partial charge >= 0.3 is 0 Å². The van der Waals surface area contributed by atoms with E-state index in [1.165, 1.54) is 37.8 Å². The lowest BCUT2D eigenvalue weighted by Gasteiger charge is -2.19. The molecule has 1 aromatic rings. The van der Waals surface area contributed by atoms with Gasteiger partial charge in [0.15, 0.2) is 0 Å². The molecule has 0 radical (unpaired) electrons. The average Bonchev–Trinajstić information content (AvgIpc) is 2.96. The van der Waals surface area contributed by atoms with Gasteiger partial charge in [0.25, 0.3) is 0 Å². The second kappa shape index (κ2) is 11.2. The van der Waals surface area contributed by atoms with Gasteiger partial charge in [0.2, 0.25) is 5.91 Å². The Morgan fingerprint density at radius 1 is 1.35 bits per heavy atom. The maximum Gasteiger partial charge on any atom is 0.224 e. The van der Waals surface area contributed by atoms with Crippen LogP contribution in [0.15, 0.2) is 5.38 Å². The lowest BCUT2D eigenvalue weighted by molar-refractivity contribution is -0.124. The number of nitrogens with two attached hydrogens (primary N) is 1. The molecule has 1 amide bonds. The minimum absolute atomic E-state index is 0. The molecule has 2 unspecified atom stereocenters. The molecule has 0 spiro atoms. The first-order valence-corrected chi connectivity index (χ1v) is 8.93. The van der Waals surface area contributed by atoms with E-state index in [1.54, 1.807) is 11.3 Å². The van der Waals surface area contributed by atoms with E-state index >= 15 is 0 Å². The molecule has 134 valence electrons. The summed E-state index contributed by atoms with van der Waals surface area (Å²) in [6, 6.07) is -0.109. The number of thiazole rings is 1. The van der Waals surface area contributed by atoms with E-state index in [0.717, 1.165) is 11.4 Å². The van der Waals surface area contributed by atoms with Crippen LogP contribution in [0, 0.1) is 5.92 Å². The Morgan fingerprint density at radius 3 is 2.61 bits per heavy atom. The smallest absolute Gasteiger partial charge is 0.224 e. The van der Waals surface area contributed by atoms with Crippen molar-refractivity contribution >= 4 is 42.1 Å². The molecular formula is C16H29Cl2N3OS. The zero-order chi connectivity index (χ0) is 15.2. The molecule has 23 heavy (non-hydrogen) atoms. The number of nitrogens with one attached hydrogen (secondary N) is 1. The highest BCUT2D eigenvalue weighted by Gasteiger charge is 2.19. The van der Waals surface area contributed by atoms with Crippen LogP contribution in [0.25, 0.3) is 0 Å². The summed E-state index contributed by atoms with van der Waals surface area (Å²) in [7, 11) is 0. The third kappa shape index (κ3) is 6.96. The molecule has 0 aliphatic heterocycles. The predicted octanol–water partition coefficient (Wildman–Crippen LogP) is 3.68. The highest BCUT2D eigenvalue weighted by atomic mass is 35.5. The number of rotatable bonds is 6. The maximum atomic E-state index is 11.8. The van der Waals surface area contributed by atoms with E-state index in [9.17, 15) is 4.79 Å². The van der Waals surface area contributed by atoms with Crippen LogP contribution in [0.2, 0.25) is 0 Å². The molecule has 1 aromatic heterocycles. The van der Waals surface area contributed by atoms with Gasteiger partial charge in [-0.15, -0.1) is 36.2 Å². The van der Waals surface area contributed by atoms with Crippen molar-refractivity contribution in [3.8, 4) is 0 Å². The number of amides is 1. The van der Waals surface area contributed by atoms with Crippen LogP contribution in [0.1, 0.15) is 62.6 Å². The Hall–Kier alpha value is -0.360. The van der Waals surface area contributed by atoms with Gasteiger partial charge in [-0.2, -0.15) is 0 Å². The van der Waals surface area contributed by atoms with Crippen molar-refractivity contribution in [3.05, 3.63) is 16.1 Å². The zero-order valence-electron chi connectivity index (χ0n) is 13.9. The van der Waals surface area contributed by atoms with Crippen molar-refractivity contribution in [3.63, 3.8) is 0 Å². The highest BCUT2D eigenvalue weighted by Crippen LogP contribution is 2.33. The Morgan fingerprint density at radius 2 is 2.00 bits per heavy atom. The minimum Gasteiger partial charge on any atom is -0.355 e. The number of halogens is 2. The monoisotopic (exact) mass is 381 g/mol. The molecule has 0 saturated heterocycles. The van der Waals surface area contributed by atoms with E-state index in [2.05, 4.69) is 10.7 Å². The van der Waals surface area contributed by atoms with Gasteiger partial charge in [0.05, 0.1) is 10.7 Å². The second-order valence-electron chi connectivity index (χ2n) is 6.19. The molecule has 1 fully saturated rings. The number of aromatic nitrogens is 1. The third-order valence-corrected chi connectivity index (χ3v) is 5.36. The molecule has 3 N–H and O–H groups in total. The summed E-state index contributed by atoms with van der Waals surface area (Å²) in [6.45, 7) is 4.37. The molecule has 0 aromatic carbocycles. The lowest BCUT2D eigenvalue weighted by atomic mass is 9.87. The lowest BCUT2D eigenvalue weighted by Crippen LogP contribution is -2.39. The summed E-state index contributed by atoms with van der Waals surface area (Å²) in [5.74, 6) is 0.560. The van der Waals surface area contributed by atoms with E-state index in [1.807, 2.05) is 13.8 Å². The van der Waals surface area contributed by atoms with E-state index in [0.29, 0.717) is 12.5 Å². The van der Waals surface area contributed by atoms with Crippen LogP contribution < -0.4 is 11.1 Å². The number of hydrogen-bond donors (Lipinski definition) is 2. The molecule has 1 aliphatic carbocycles. The summed E-state index contributed by atoms with van der Waals surface area (Å²) >= 11 is 1.72. The topological polar surface area (TPSA) is 68.0 Å². The number of carbonyl (C=O) groups is 1. The summed E-state index contributed by atoms with van der Waals surface area (Å²) in [4.78, 5) is 16.6. The normalized spacial score (nSPS) is 17.5. The summed E-state index contributed by atoms with van der Waals surface area (Å²) in [5, 5.41) is 6.28. The van der Waals surface area contributed by atoms with Crippen molar-refractivity contribution in [2.75, 3.05) is 6.54 Å². The van der Waals surface area contributed by atoms with Gasteiger partial charge in [-0.1, -0.05) is 26.2 Å².